The number of benzene rings is 1. The van der Waals surface area contributed by atoms with Crippen molar-refractivity contribution in [2.75, 3.05) is 25.5 Å². The van der Waals surface area contributed by atoms with E-state index in [1.807, 2.05) is 50.2 Å². The highest BCUT2D eigenvalue weighted by Crippen LogP contribution is 2.28. The van der Waals surface area contributed by atoms with Crippen LogP contribution in [0.15, 0.2) is 30.3 Å². The Bertz CT molecular complexity index is 1070. The van der Waals surface area contributed by atoms with Crippen LogP contribution in [0, 0.1) is 0 Å². The number of nitrogens with zero attached hydrogens (tertiary/aromatic N) is 4. The lowest BCUT2D eigenvalue weighted by atomic mass is 9.94. The number of hydrogen-bond donors (Lipinski definition) is 2. The van der Waals surface area contributed by atoms with Gasteiger partial charge in [-0.2, -0.15) is 5.10 Å². The summed E-state index contributed by atoms with van der Waals surface area (Å²) in [6.07, 6.45) is 4.16. The molecule has 34 heavy (non-hydrogen) atoms. The molecule has 1 atom stereocenters. The zero-order chi connectivity index (χ0) is 24.5. The maximum atomic E-state index is 13.3. The van der Waals surface area contributed by atoms with E-state index < -0.39 is 5.54 Å². The first-order chi connectivity index (χ1) is 16.2. The number of nitrogens with one attached hydrogen (secondary N) is 2. The van der Waals surface area contributed by atoms with Crippen LogP contribution in [-0.2, 0) is 17.9 Å². The number of anilines is 1. The highest BCUT2D eigenvalue weighted by molar-refractivity contribution is 6.01. The van der Waals surface area contributed by atoms with Gasteiger partial charge in [-0.15, -0.1) is 0 Å². The van der Waals surface area contributed by atoms with Gasteiger partial charge in [0.25, 0.3) is 11.8 Å². The molecule has 1 aromatic heterocycles. The van der Waals surface area contributed by atoms with Gasteiger partial charge in [-0.05, 0) is 44.4 Å². The van der Waals surface area contributed by atoms with Gasteiger partial charge in [-0.3, -0.25) is 19.1 Å². The molecular weight excluding hydrogens is 432 g/mol. The van der Waals surface area contributed by atoms with Gasteiger partial charge in [0.05, 0.1) is 6.54 Å². The van der Waals surface area contributed by atoms with Crippen LogP contribution in [0.2, 0.25) is 0 Å². The Morgan fingerprint density at radius 3 is 2.47 bits per heavy atom. The summed E-state index contributed by atoms with van der Waals surface area (Å²) >= 11 is 0. The monoisotopic (exact) mass is 466 g/mol. The third-order valence-corrected chi connectivity index (χ3v) is 6.93. The predicted molar refractivity (Wildman–Crippen MR) is 130 cm³/mol. The summed E-state index contributed by atoms with van der Waals surface area (Å²) in [6, 6.07) is 9.59. The Morgan fingerprint density at radius 2 is 1.85 bits per heavy atom. The summed E-state index contributed by atoms with van der Waals surface area (Å²) < 4.78 is 1.50. The molecule has 0 spiro atoms. The molecule has 0 saturated heterocycles. The van der Waals surface area contributed by atoms with Crippen molar-refractivity contribution in [3.8, 4) is 0 Å². The van der Waals surface area contributed by atoms with Crippen molar-refractivity contribution in [3.05, 3.63) is 47.3 Å². The average Bonchev–Trinajstić information content (AvgIpc) is 3.48. The van der Waals surface area contributed by atoms with Crippen LogP contribution in [0.25, 0.3) is 0 Å². The Morgan fingerprint density at radius 1 is 1.18 bits per heavy atom. The van der Waals surface area contributed by atoms with Crippen LogP contribution >= 0.6 is 0 Å². The fourth-order valence-electron chi connectivity index (χ4n) is 4.84. The molecule has 9 nitrogen and oxygen atoms in total. The summed E-state index contributed by atoms with van der Waals surface area (Å²) in [7, 11) is 3.95. The van der Waals surface area contributed by atoms with Crippen molar-refractivity contribution in [2.24, 2.45) is 0 Å². The predicted octanol–water partition coefficient (Wildman–Crippen LogP) is 2.17. The van der Waals surface area contributed by atoms with Gasteiger partial charge in [0, 0.05) is 45.0 Å². The molecule has 3 amide bonds. The summed E-state index contributed by atoms with van der Waals surface area (Å²) in [6.45, 7) is 4.59. The number of amides is 3. The second kappa shape index (κ2) is 9.48. The van der Waals surface area contributed by atoms with E-state index in [0.29, 0.717) is 18.8 Å². The molecule has 182 valence electrons. The van der Waals surface area contributed by atoms with E-state index in [1.165, 1.54) is 10.7 Å². The van der Waals surface area contributed by atoms with Gasteiger partial charge in [-0.25, -0.2) is 0 Å². The van der Waals surface area contributed by atoms with Crippen molar-refractivity contribution < 1.29 is 14.4 Å². The third kappa shape index (κ3) is 4.51. The lowest BCUT2D eigenvalue weighted by Gasteiger charge is -2.43. The number of likely N-dealkylation sites (N-methyl/N-ethyl adjacent to an activating group) is 1. The molecule has 1 unspecified atom stereocenters. The summed E-state index contributed by atoms with van der Waals surface area (Å²) in [5.74, 6) is -0.807. The molecule has 0 radical (unpaired) electrons. The molecule has 2 N–H and O–H groups in total. The van der Waals surface area contributed by atoms with E-state index in [1.54, 1.807) is 11.8 Å². The first kappa shape index (κ1) is 23.8. The standard InChI is InChI=1S/C25H34N6O3/c1-5-30-23(33)21-14-20(22(32)26-15-17-10-12-19(13-11-17)29(3)4)28-31(21)16-25(30,2)24(34)27-18-8-6-7-9-18/h10-14,18H,5-9,15-16H2,1-4H3,(H,26,32)(H,27,34). The largest absolute Gasteiger partial charge is 0.378 e. The average molecular weight is 467 g/mol. The molecule has 1 saturated carbocycles. The molecule has 1 aliphatic carbocycles. The quantitative estimate of drug-likeness (QED) is 0.652. The van der Waals surface area contributed by atoms with Crippen molar-refractivity contribution in [1.82, 2.24) is 25.3 Å². The number of carbonyl (C=O) groups excluding carboxylic acids is 3. The molecular formula is C25H34N6O3. The van der Waals surface area contributed by atoms with Gasteiger partial charge >= 0.3 is 0 Å². The Kier molecular flexibility index (Phi) is 6.63. The maximum Gasteiger partial charge on any atom is 0.273 e. The van der Waals surface area contributed by atoms with Crippen molar-refractivity contribution >= 4 is 23.4 Å². The van der Waals surface area contributed by atoms with Gasteiger partial charge in [0.1, 0.15) is 11.2 Å². The van der Waals surface area contributed by atoms with Crippen molar-refractivity contribution in [3.63, 3.8) is 0 Å². The fourth-order valence-corrected chi connectivity index (χ4v) is 4.84. The van der Waals surface area contributed by atoms with Crippen molar-refractivity contribution in [1.29, 1.82) is 0 Å². The van der Waals surface area contributed by atoms with E-state index in [0.717, 1.165) is 36.9 Å². The first-order valence-corrected chi connectivity index (χ1v) is 12.0. The molecule has 2 heterocycles. The summed E-state index contributed by atoms with van der Waals surface area (Å²) in [5.41, 5.74) is 1.48. The maximum absolute atomic E-state index is 13.3. The van der Waals surface area contributed by atoms with E-state index in [9.17, 15) is 14.4 Å². The van der Waals surface area contributed by atoms with E-state index in [2.05, 4.69) is 15.7 Å². The van der Waals surface area contributed by atoms with Gasteiger partial charge in [0.15, 0.2) is 5.69 Å². The van der Waals surface area contributed by atoms with Crippen LogP contribution in [-0.4, -0.2) is 64.6 Å². The fraction of sp³-hybridized carbons (Fsp3) is 0.520. The highest BCUT2D eigenvalue weighted by Gasteiger charge is 2.48. The van der Waals surface area contributed by atoms with Crippen LogP contribution in [0.5, 0.6) is 0 Å². The number of carbonyl (C=O) groups is 3. The second-order valence-corrected chi connectivity index (χ2v) is 9.59. The minimum atomic E-state index is -1.06. The zero-order valence-corrected chi connectivity index (χ0v) is 20.4. The number of rotatable bonds is 7. The second-order valence-electron chi connectivity index (χ2n) is 9.59. The molecule has 4 rings (SSSR count). The normalized spacial score (nSPS) is 20.2. The molecule has 1 fully saturated rings. The van der Waals surface area contributed by atoms with Gasteiger partial charge < -0.3 is 20.4 Å². The Hall–Kier alpha value is -3.36. The van der Waals surface area contributed by atoms with Gasteiger partial charge in [0.2, 0.25) is 5.91 Å². The molecule has 1 aliphatic heterocycles. The lowest BCUT2D eigenvalue weighted by Crippen LogP contribution is -2.64. The van der Waals surface area contributed by atoms with E-state index in [4.69, 9.17) is 0 Å². The molecule has 9 heteroatoms. The smallest absolute Gasteiger partial charge is 0.273 e. The van der Waals surface area contributed by atoms with Crippen LogP contribution in [0.4, 0.5) is 5.69 Å². The minimum Gasteiger partial charge on any atom is -0.378 e. The molecule has 2 aromatic rings. The SMILES string of the molecule is CCN1C(=O)c2cc(C(=O)NCc3ccc(N(C)C)cc3)nn2CC1(C)C(=O)NC1CCCC1. The zero-order valence-electron chi connectivity index (χ0n) is 20.4. The van der Waals surface area contributed by atoms with Crippen LogP contribution in [0.1, 0.15) is 66.1 Å². The molecule has 0 bridgehead atoms. The molecule has 1 aromatic carbocycles. The Labute approximate surface area is 200 Å². The topological polar surface area (TPSA) is 99.6 Å². The van der Waals surface area contributed by atoms with E-state index >= 15 is 0 Å². The Balaban J connectivity index is 1.48. The summed E-state index contributed by atoms with van der Waals surface area (Å²) in [4.78, 5) is 42.9. The first-order valence-electron chi connectivity index (χ1n) is 12.0. The van der Waals surface area contributed by atoms with E-state index in [-0.39, 0.29) is 36.0 Å². The molecule has 2 aliphatic rings. The summed E-state index contributed by atoms with van der Waals surface area (Å²) in [5, 5.41) is 10.4. The van der Waals surface area contributed by atoms with Crippen molar-refractivity contribution in [2.45, 2.75) is 64.2 Å². The number of fused-ring (bicyclic) bond motifs is 1. The number of hydrogen-bond acceptors (Lipinski definition) is 5. The van der Waals surface area contributed by atoms with Crippen LogP contribution in [0.3, 0.4) is 0 Å². The highest BCUT2D eigenvalue weighted by atomic mass is 16.2. The van der Waals surface area contributed by atoms with Crippen LogP contribution < -0.4 is 15.5 Å². The lowest BCUT2D eigenvalue weighted by molar-refractivity contribution is -0.133. The number of aromatic nitrogens is 2. The minimum absolute atomic E-state index is 0.158. The van der Waals surface area contributed by atoms with Gasteiger partial charge in [-0.1, -0.05) is 25.0 Å². The third-order valence-electron chi connectivity index (χ3n) is 6.93.